The molecule has 8 nitrogen and oxygen atoms in total. The summed E-state index contributed by atoms with van der Waals surface area (Å²) >= 11 is 12.4. The summed E-state index contributed by atoms with van der Waals surface area (Å²) < 4.78 is 31.3. The lowest BCUT2D eigenvalue weighted by Gasteiger charge is -2.09. The van der Waals surface area contributed by atoms with E-state index in [0.717, 1.165) is 0 Å². The zero-order valence-corrected chi connectivity index (χ0v) is 19.9. The van der Waals surface area contributed by atoms with Crippen LogP contribution in [0.3, 0.4) is 0 Å². The predicted molar refractivity (Wildman–Crippen MR) is 129 cm³/mol. The van der Waals surface area contributed by atoms with Gasteiger partial charge in [-0.15, -0.1) is 0 Å². The summed E-state index contributed by atoms with van der Waals surface area (Å²) in [4.78, 5) is 27.7. The van der Waals surface area contributed by atoms with Crippen LogP contribution >= 0.6 is 23.2 Å². The average Bonchev–Trinajstić information content (AvgIpc) is 3.10. The number of benzene rings is 2. The Bertz CT molecular complexity index is 1380. The molecule has 2 aromatic carbocycles. The summed E-state index contributed by atoms with van der Waals surface area (Å²) in [7, 11) is -3.56. The third kappa shape index (κ3) is 5.50. The lowest BCUT2D eigenvalue weighted by atomic mass is 10.0. The Morgan fingerprint density at radius 3 is 2.55 bits per heavy atom. The van der Waals surface area contributed by atoms with Crippen LogP contribution < -0.4 is 4.72 Å². The molecule has 1 heterocycles. The van der Waals surface area contributed by atoms with Crippen LogP contribution in [0.25, 0.3) is 22.6 Å². The summed E-state index contributed by atoms with van der Waals surface area (Å²) in [5.74, 6) is -2.13. The molecule has 0 spiro atoms. The number of hydrogen-bond acceptors (Lipinski definition) is 5. The van der Waals surface area contributed by atoms with Gasteiger partial charge in [0.1, 0.15) is 5.69 Å². The number of anilines is 1. The summed E-state index contributed by atoms with van der Waals surface area (Å²) in [5, 5.41) is 10.9. The van der Waals surface area contributed by atoms with Gasteiger partial charge in [-0.05, 0) is 49.8 Å². The first-order chi connectivity index (χ1) is 15.6. The largest absolute Gasteiger partial charge is 0.478 e. The van der Waals surface area contributed by atoms with Crippen molar-refractivity contribution in [1.82, 2.24) is 4.98 Å². The molecule has 1 aromatic heterocycles. The van der Waals surface area contributed by atoms with Crippen molar-refractivity contribution in [2.24, 2.45) is 0 Å². The zero-order chi connectivity index (χ0) is 24.3. The monoisotopic (exact) mass is 510 g/mol. The molecule has 0 amide bonds. The maximum absolute atomic E-state index is 12.6. The highest BCUT2D eigenvalue weighted by atomic mass is 35.5. The minimum Gasteiger partial charge on any atom is -0.478 e. The SMILES string of the molecule is CCOC(=O)c1[nH]c2cc(Cl)cc(Cl)c2c1C=C(C(=O)O)c1cccc(NS(=O)(=O)CC)c1. The van der Waals surface area contributed by atoms with Gasteiger partial charge in [-0.3, -0.25) is 4.72 Å². The lowest BCUT2D eigenvalue weighted by molar-refractivity contribution is -0.130. The second kappa shape index (κ2) is 9.86. The van der Waals surface area contributed by atoms with E-state index in [-0.39, 0.29) is 45.5 Å². The number of carbonyl (C=O) groups excluding carboxylic acids is 1. The summed E-state index contributed by atoms with van der Waals surface area (Å²) in [6.07, 6.45) is 1.29. The van der Waals surface area contributed by atoms with Gasteiger partial charge in [0.15, 0.2) is 0 Å². The highest BCUT2D eigenvalue weighted by Crippen LogP contribution is 2.35. The number of nitrogens with one attached hydrogen (secondary N) is 2. The van der Waals surface area contributed by atoms with Crippen LogP contribution in [-0.4, -0.2) is 42.8 Å². The van der Waals surface area contributed by atoms with Crippen molar-refractivity contribution in [3.05, 3.63) is 63.3 Å². The molecule has 0 aliphatic carbocycles. The first-order valence-electron chi connectivity index (χ1n) is 9.80. The number of fused-ring (bicyclic) bond motifs is 1. The van der Waals surface area contributed by atoms with Gasteiger partial charge in [0, 0.05) is 27.2 Å². The minimum absolute atomic E-state index is 0.0117. The molecule has 0 bridgehead atoms. The Balaban J connectivity index is 2.24. The van der Waals surface area contributed by atoms with Crippen LogP contribution in [-0.2, 0) is 19.6 Å². The van der Waals surface area contributed by atoms with Crippen LogP contribution in [0.1, 0.15) is 35.5 Å². The van der Waals surface area contributed by atoms with Gasteiger partial charge >= 0.3 is 11.9 Å². The fourth-order valence-corrected chi connectivity index (χ4v) is 4.42. The Kier molecular flexibility index (Phi) is 7.36. The number of H-pyrrole nitrogens is 1. The van der Waals surface area contributed by atoms with E-state index >= 15 is 0 Å². The molecule has 3 N–H and O–H groups in total. The predicted octanol–water partition coefficient (Wildman–Crippen LogP) is 5.04. The Hall–Kier alpha value is -3.01. The third-order valence-electron chi connectivity index (χ3n) is 4.68. The van der Waals surface area contributed by atoms with Crippen molar-refractivity contribution >= 4 is 73.4 Å². The lowest BCUT2D eigenvalue weighted by Crippen LogP contribution is -2.14. The Morgan fingerprint density at radius 1 is 1.18 bits per heavy atom. The molecule has 0 fully saturated rings. The van der Waals surface area contributed by atoms with Crippen molar-refractivity contribution in [2.45, 2.75) is 13.8 Å². The highest BCUT2D eigenvalue weighted by Gasteiger charge is 2.22. The van der Waals surface area contributed by atoms with E-state index < -0.39 is 22.0 Å². The normalized spacial score (nSPS) is 12.1. The van der Waals surface area contributed by atoms with Gasteiger partial charge in [0.2, 0.25) is 10.0 Å². The second-order valence-corrected chi connectivity index (χ2v) is 9.75. The van der Waals surface area contributed by atoms with Crippen LogP contribution in [0.2, 0.25) is 10.0 Å². The number of carboxylic acid groups (broad SMARTS) is 1. The second-order valence-electron chi connectivity index (χ2n) is 6.89. The van der Waals surface area contributed by atoms with E-state index in [2.05, 4.69) is 9.71 Å². The van der Waals surface area contributed by atoms with Crippen LogP contribution in [0.15, 0.2) is 36.4 Å². The minimum atomic E-state index is -3.56. The summed E-state index contributed by atoms with van der Waals surface area (Å²) in [6.45, 7) is 3.24. The fraction of sp³-hybridized carbons (Fsp3) is 0.182. The number of halogens is 2. The number of aromatic amines is 1. The molecule has 3 rings (SSSR count). The van der Waals surface area contributed by atoms with Gasteiger partial charge in [0.05, 0.1) is 23.0 Å². The fourth-order valence-electron chi connectivity index (χ4n) is 3.20. The van der Waals surface area contributed by atoms with Crippen molar-refractivity contribution in [3.63, 3.8) is 0 Å². The quantitative estimate of drug-likeness (QED) is 0.288. The molecule has 3 aromatic rings. The van der Waals surface area contributed by atoms with E-state index in [1.54, 1.807) is 13.0 Å². The van der Waals surface area contributed by atoms with Gasteiger partial charge in [-0.1, -0.05) is 35.3 Å². The number of aromatic nitrogens is 1. The smallest absolute Gasteiger partial charge is 0.355 e. The molecule has 33 heavy (non-hydrogen) atoms. The van der Waals surface area contributed by atoms with E-state index in [1.807, 2.05) is 0 Å². The molecule has 0 saturated carbocycles. The molecule has 0 unspecified atom stereocenters. The van der Waals surface area contributed by atoms with Gasteiger partial charge in [-0.25, -0.2) is 18.0 Å². The third-order valence-corrected chi connectivity index (χ3v) is 6.50. The number of esters is 1. The van der Waals surface area contributed by atoms with E-state index in [4.69, 9.17) is 27.9 Å². The Morgan fingerprint density at radius 2 is 1.91 bits per heavy atom. The average molecular weight is 511 g/mol. The number of rotatable bonds is 8. The maximum Gasteiger partial charge on any atom is 0.355 e. The molecule has 0 aliphatic heterocycles. The zero-order valence-electron chi connectivity index (χ0n) is 17.6. The number of carbonyl (C=O) groups is 2. The Labute approximate surface area is 200 Å². The van der Waals surface area contributed by atoms with Crippen LogP contribution in [0, 0.1) is 0 Å². The topological polar surface area (TPSA) is 126 Å². The van der Waals surface area contributed by atoms with E-state index in [9.17, 15) is 23.1 Å². The number of ether oxygens (including phenoxy) is 1. The first-order valence-corrected chi connectivity index (χ1v) is 12.2. The number of sulfonamides is 1. The van der Waals surface area contributed by atoms with E-state index in [0.29, 0.717) is 15.9 Å². The van der Waals surface area contributed by atoms with Gasteiger partial charge < -0.3 is 14.8 Å². The van der Waals surface area contributed by atoms with Crippen molar-refractivity contribution in [1.29, 1.82) is 0 Å². The van der Waals surface area contributed by atoms with E-state index in [1.165, 1.54) is 43.3 Å². The van der Waals surface area contributed by atoms with Crippen LogP contribution in [0.4, 0.5) is 5.69 Å². The highest BCUT2D eigenvalue weighted by molar-refractivity contribution is 7.92. The molecular weight excluding hydrogens is 491 g/mol. The molecular formula is C22H20Cl2N2O6S. The molecule has 0 saturated heterocycles. The molecule has 11 heteroatoms. The molecule has 174 valence electrons. The van der Waals surface area contributed by atoms with Gasteiger partial charge in [-0.2, -0.15) is 0 Å². The van der Waals surface area contributed by atoms with Gasteiger partial charge in [0.25, 0.3) is 0 Å². The number of hydrogen-bond donors (Lipinski definition) is 3. The molecule has 0 atom stereocenters. The van der Waals surface area contributed by atoms with Crippen LogP contribution in [0.5, 0.6) is 0 Å². The number of carboxylic acids is 1. The maximum atomic E-state index is 12.6. The molecule has 0 aliphatic rings. The first kappa shape index (κ1) is 24.6. The number of aliphatic carboxylic acids is 1. The van der Waals surface area contributed by atoms with Crippen molar-refractivity contribution in [3.8, 4) is 0 Å². The summed E-state index contributed by atoms with van der Waals surface area (Å²) in [6, 6.07) is 8.97. The standard InChI is InChI=1S/C22H20Cl2N2O6S/c1-3-32-22(29)20-16(19-17(24)9-13(23)10-18(19)25-20)11-15(21(27)28)12-6-5-7-14(8-12)26-33(30,31)4-2/h5-11,25-26H,3-4H2,1-2H3,(H,27,28). The summed E-state index contributed by atoms with van der Waals surface area (Å²) in [5.41, 5.74) is 0.879. The van der Waals surface area contributed by atoms with Crippen molar-refractivity contribution in [2.75, 3.05) is 17.1 Å². The molecule has 0 radical (unpaired) electrons. The van der Waals surface area contributed by atoms with Crippen molar-refractivity contribution < 1.29 is 27.9 Å².